The predicted octanol–water partition coefficient (Wildman–Crippen LogP) is 1.15. The van der Waals surface area contributed by atoms with Crippen molar-refractivity contribution >= 4 is 11.7 Å². The van der Waals surface area contributed by atoms with E-state index in [4.69, 9.17) is 5.73 Å². The van der Waals surface area contributed by atoms with E-state index in [2.05, 4.69) is 15.2 Å². The van der Waals surface area contributed by atoms with E-state index in [9.17, 15) is 4.79 Å². The fourth-order valence-corrected chi connectivity index (χ4v) is 2.70. The first-order valence-corrected chi connectivity index (χ1v) is 6.78. The fourth-order valence-electron chi connectivity index (χ4n) is 2.70. The topological polar surface area (TPSA) is 71.2 Å². The summed E-state index contributed by atoms with van der Waals surface area (Å²) in [4.78, 5) is 17.7. The van der Waals surface area contributed by atoms with Gasteiger partial charge < -0.3 is 16.0 Å². The highest BCUT2D eigenvalue weighted by Gasteiger charge is 2.24. The highest BCUT2D eigenvalue weighted by molar-refractivity contribution is 5.91. The van der Waals surface area contributed by atoms with Gasteiger partial charge in [-0.05, 0) is 44.9 Å². The van der Waals surface area contributed by atoms with Crippen LogP contribution in [0.2, 0.25) is 0 Å². The summed E-state index contributed by atoms with van der Waals surface area (Å²) >= 11 is 0. The van der Waals surface area contributed by atoms with Crippen molar-refractivity contribution in [2.75, 3.05) is 19.0 Å². The number of hydrogen-bond acceptors (Lipinski definition) is 4. The minimum atomic E-state index is -0.478. The molecule has 0 bridgehead atoms. The number of carbonyl (C=O) groups is 1. The molecule has 0 aliphatic heterocycles. The van der Waals surface area contributed by atoms with E-state index in [1.54, 1.807) is 6.07 Å². The molecule has 0 spiro atoms. The molecule has 1 amide bonds. The minimum Gasteiger partial charge on any atom is -0.364 e. The lowest BCUT2D eigenvalue weighted by atomic mass is 9.90. The molecule has 1 fully saturated rings. The molecule has 0 atom stereocenters. The summed E-state index contributed by atoms with van der Waals surface area (Å²) in [6, 6.07) is 6.53. The van der Waals surface area contributed by atoms with Crippen LogP contribution in [0.15, 0.2) is 18.2 Å². The van der Waals surface area contributed by atoms with Crippen LogP contribution >= 0.6 is 0 Å². The zero-order chi connectivity index (χ0) is 13.8. The van der Waals surface area contributed by atoms with Gasteiger partial charge in [0.2, 0.25) is 0 Å². The van der Waals surface area contributed by atoms with E-state index in [0.29, 0.717) is 17.8 Å². The SMILES string of the molecule is CNC1CCC(N(C)c2cccc(C(N)=O)n2)CC1. The highest BCUT2D eigenvalue weighted by atomic mass is 16.1. The molecule has 19 heavy (non-hydrogen) atoms. The van der Waals surface area contributed by atoms with Crippen molar-refractivity contribution in [2.24, 2.45) is 5.73 Å². The molecule has 1 aliphatic rings. The molecule has 1 aromatic heterocycles. The quantitative estimate of drug-likeness (QED) is 0.854. The monoisotopic (exact) mass is 262 g/mol. The van der Waals surface area contributed by atoms with E-state index in [-0.39, 0.29) is 0 Å². The van der Waals surface area contributed by atoms with Crippen molar-refractivity contribution in [3.05, 3.63) is 23.9 Å². The highest BCUT2D eigenvalue weighted by Crippen LogP contribution is 2.25. The fraction of sp³-hybridized carbons (Fsp3) is 0.571. The molecule has 0 saturated heterocycles. The Hall–Kier alpha value is -1.62. The van der Waals surface area contributed by atoms with Crippen LogP contribution in [-0.2, 0) is 0 Å². The van der Waals surface area contributed by atoms with Crippen molar-refractivity contribution in [3.63, 3.8) is 0 Å². The van der Waals surface area contributed by atoms with Gasteiger partial charge in [0.25, 0.3) is 5.91 Å². The molecule has 5 heteroatoms. The van der Waals surface area contributed by atoms with E-state index < -0.39 is 5.91 Å². The number of primary amides is 1. The summed E-state index contributed by atoms with van der Waals surface area (Å²) in [6.45, 7) is 0. The minimum absolute atomic E-state index is 0.327. The van der Waals surface area contributed by atoms with Gasteiger partial charge in [0.15, 0.2) is 0 Å². The summed E-state index contributed by atoms with van der Waals surface area (Å²) in [5.74, 6) is 0.346. The Morgan fingerprint density at radius 2 is 2.05 bits per heavy atom. The summed E-state index contributed by atoms with van der Waals surface area (Å²) in [5, 5.41) is 3.33. The predicted molar refractivity (Wildman–Crippen MR) is 76.3 cm³/mol. The van der Waals surface area contributed by atoms with Crippen LogP contribution in [0.4, 0.5) is 5.82 Å². The average molecular weight is 262 g/mol. The van der Waals surface area contributed by atoms with Crippen LogP contribution < -0.4 is 16.0 Å². The van der Waals surface area contributed by atoms with Gasteiger partial charge in [0.1, 0.15) is 11.5 Å². The molecular formula is C14H22N4O. The first-order valence-electron chi connectivity index (χ1n) is 6.78. The second-order valence-electron chi connectivity index (χ2n) is 5.15. The van der Waals surface area contributed by atoms with E-state index in [1.165, 1.54) is 12.8 Å². The van der Waals surface area contributed by atoms with Gasteiger partial charge in [-0.3, -0.25) is 4.79 Å². The molecule has 1 heterocycles. The number of rotatable bonds is 4. The van der Waals surface area contributed by atoms with Crippen LogP contribution in [-0.4, -0.2) is 37.1 Å². The van der Waals surface area contributed by atoms with Gasteiger partial charge in [0.05, 0.1) is 0 Å². The maximum Gasteiger partial charge on any atom is 0.267 e. The largest absolute Gasteiger partial charge is 0.364 e. The number of amides is 1. The van der Waals surface area contributed by atoms with Crippen molar-refractivity contribution in [2.45, 2.75) is 37.8 Å². The van der Waals surface area contributed by atoms with Gasteiger partial charge in [0, 0.05) is 19.1 Å². The number of aromatic nitrogens is 1. The van der Waals surface area contributed by atoms with Gasteiger partial charge in [-0.15, -0.1) is 0 Å². The Morgan fingerprint density at radius 1 is 1.37 bits per heavy atom. The van der Waals surface area contributed by atoms with Gasteiger partial charge in [-0.1, -0.05) is 6.07 Å². The standard InChI is InChI=1S/C14H22N4O/c1-16-10-6-8-11(9-7-10)18(2)13-5-3-4-12(17-13)14(15)19/h3-5,10-11,16H,6-9H2,1-2H3,(H2,15,19). The van der Waals surface area contributed by atoms with Gasteiger partial charge in [-0.2, -0.15) is 0 Å². The Labute approximate surface area is 114 Å². The van der Waals surface area contributed by atoms with Crippen LogP contribution in [0.3, 0.4) is 0 Å². The van der Waals surface area contributed by atoms with E-state index in [1.807, 2.05) is 26.2 Å². The maximum absolute atomic E-state index is 11.2. The zero-order valence-corrected chi connectivity index (χ0v) is 11.6. The maximum atomic E-state index is 11.2. The molecule has 0 aromatic carbocycles. The number of nitrogens with two attached hydrogens (primary N) is 1. The van der Waals surface area contributed by atoms with Crippen molar-refractivity contribution < 1.29 is 4.79 Å². The van der Waals surface area contributed by atoms with Gasteiger partial charge >= 0.3 is 0 Å². The van der Waals surface area contributed by atoms with Gasteiger partial charge in [-0.25, -0.2) is 4.98 Å². The molecule has 0 unspecified atom stereocenters. The zero-order valence-electron chi connectivity index (χ0n) is 11.6. The third-order valence-electron chi connectivity index (χ3n) is 4.00. The third kappa shape index (κ3) is 3.23. The number of nitrogens with one attached hydrogen (secondary N) is 1. The lowest BCUT2D eigenvalue weighted by molar-refractivity contribution is 0.0995. The average Bonchev–Trinajstić information content (AvgIpc) is 2.46. The van der Waals surface area contributed by atoms with E-state index >= 15 is 0 Å². The summed E-state index contributed by atoms with van der Waals surface area (Å²) < 4.78 is 0. The first kappa shape index (κ1) is 13.8. The number of pyridine rings is 1. The first-order chi connectivity index (χ1) is 9.11. The molecule has 1 saturated carbocycles. The van der Waals surface area contributed by atoms with Crippen LogP contribution in [0.1, 0.15) is 36.2 Å². The Balaban J connectivity index is 2.05. The number of nitrogens with zero attached hydrogens (tertiary/aromatic N) is 2. The third-order valence-corrected chi connectivity index (χ3v) is 4.00. The molecule has 0 radical (unpaired) electrons. The molecule has 104 valence electrons. The molecule has 3 N–H and O–H groups in total. The molecule has 1 aromatic rings. The lowest BCUT2D eigenvalue weighted by Crippen LogP contribution is -2.40. The Kier molecular flexibility index (Phi) is 4.37. The summed E-state index contributed by atoms with van der Waals surface area (Å²) in [7, 11) is 4.06. The number of anilines is 1. The van der Waals surface area contributed by atoms with Crippen LogP contribution in [0.25, 0.3) is 0 Å². The van der Waals surface area contributed by atoms with Crippen molar-refractivity contribution in [3.8, 4) is 0 Å². The second-order valence-corrected chi connectivity index (χ2v) is 5.15. The normalized spacial score (nSPS) is 23.1. The Bertz CT molecular complexity index is 441. The number of carbonyl (C=O) groups excluding carboxylic acids is 1. The van der Waals surface area contributed by atoms with Crippen LogP contribution in [0, 0.1) is 0 Å². The number of hydrogen-bond donors (Lipinski definition) is 2. The summed E-state index contributed by atoms with van der Waals surface area (Å²) in [5.41, 5.74) is 5.60. The molecule has 2 rings (SSSR count). The second kappa shape index (κ2) is 6.02. The molecular weight excluding hydrogens is 240 g/mol. The molecule has 1 aliphatic carbocycles. The van der Waals surface area contributed by atoms with Crippen molar-refractivity contribution in [1.82, 2.24) is 10.3 Å². The summed E-state index contributed by atoms with van der Waals surface area (Å²) in [6.07, 6.45) is 4.65. The van der Waals surface area contributed by atoms with Crippen molar-refractivity contribution in [1.29, 1.82) is 0 Å². The molecule has 5 nitrogen and oxygen atoms in total. The Morgan fingerprint density at radius 3 is 2.63 bits per heavy atom. The lowest BCUT2D eigenvalue weighted by Gasteiger charge is -2.35. The van der Waals surface area contributed by atoms with E-state index in [0.717, 1.165) is 18.7 Å². The van der Waals surface area contributed by atoms with Crippen LogP contribution in [0.5, 0.6) is 0 Å². The smallest absolute Gasteiger partial charge is 0.267 e.